The van der Waals surface area contributed by atoms with E-state index in [4.69, 9.17) is 4.74 Å². The fourth-order valence-electron chi connectivity index (χ4n) is 8.08. The van der Waals surface area contributed by atoms with Gasteiger partial charge in [-0.3, -0.25) is 14.4 Å². The molecule has 2 aliphatic carbocycles. The smallest absolute Gasteiger partial charge is 0.407 e. The molecule has 1 atom stereocenters. The van der Waals surface area contributed by atoms with Crippen LogP contribution in [0.5, 0.6) is 0 Å². The molecule has 0 spiro atoms. The predicted molar refractivity (Wildman–Crippen MR) is 227 cm³/mol. The van der Waals surface area contributed by atoms with Crippen molar-refractivity contribution in [3.8, 4) is 22.5 Å². The maximum atomic E-state index is 13.9. The Labute approximate surface area is 347 Å². The van der Waals surface area contributed by atoms with E-state index in [1.54, 1.807) is 24.3 Å². The number of aromatic nitrogens is 4. The van der Waals surface area contributed by atoms with Crippen molar-refractivity contribution in [2.45, 2.75) is 109 Å². The van der Waals surface area contributed by atoms with Crippen LogP contribution in [0.2, 0.25) is 0 Å². The number of amides is 4. The number of H-pyrrole nitrogens is 1. The van der Waals surface area contributed by atoms with E-state index in [0.29, 0.717) is 42.5 Å². The fraction of sp³-hybridized carbons (Fsp3) is 0.489. The summed E-state index contributed by atoms with van der Waals surface area (Å²) >= 11 is 0. The van der Waals surface area contributed by atoms with Gasteiger partial charge in [-0.1, -0.05) is 30.3 Å². The van der Waals surface area contributed by atoms with Crippen molar-refractivity contribution in [1.82, 2.24) is 41.5 Å². The number of nitrogens with one attached hydrogen (secondary N) is 5. The number of nitrogens with zero attached hydrogens (tertiary/aromatic N) is 4. The molecule has 2 aliphatic rings. The predicted octanol–water partition coefficient (Wildman–Crippen LogP) is 6.44. The van der Waals surface area contributed by atoms with Crippen LogP contribution in [0.15, 0.2) is 66.7 Å². The molecule has 14 heteroatoms. The summed E-state index contributed by atoms with van der Waals surface area (Å²) in [5.41, 5.74) is 5.28. The van der Waals surface area contributed by atoms with Gasteiger partial charge < -0.3 is 30.9 Å². The monoisotopic (exact) mass is 805 g/mol. The van der Waals surface area contributed by atoms with Crippen molar-refractivity contribution in [3.63, 3.8) is 0 Å². The van der Waals surface area contributed by atoms with Crippen molar-refractivity contribution >= 4 is 29.5 Å². The quantitative estimate of drug-likeness (QED) is 0.102. The van der Waals surface area contributed by atoms with Gasteiger partial charge in [0.2, 0.25) is 17.6 Å². The van der Waals surface area contributed by atoms with Gasteiger partial charge in [-0.05, 0) is 163 Å². The Morgan fingerprint density at radius 3 is 2.15 bits per heavy atom. The summed E-state index contributed by atoms with van der Waals surface area (Å²) in [5.74, 6) is -0.0906. The van der Waals surface area contributed by atoms with Crippen molar-refractivity contribution in [2.75, 3.05) is 26.0 Å². The number of carbonyl (C=O) groups excluding carboxylic acids is 4. The number of aromatic amines is 1. The Morgan fingerprint density at radius 1 is 0.864 bits per heavy atom. The lowest BCUT2D eigenvalue weighted by Crippen LogP contribution is -2.48. The number of alkyl carbamates (subject to hydrolysis) is 1. The number of tetrazole rings is 1. The first-order chi connectivity index (χ1) is 28.2. The summed E-state index contributed by atoms with van der Waals surface area (Å²) < 4.78 is 5.37. The third-order valence-corrected chi connectivity index (χ3v) is 11.5. The molecule has 3 aromatic carbocycles. The van der Waals surface area contributed by atoms with Crippen LogP contribution in [0.25, 0.3) is 22.5 Å². The normalized spacial score (nSPS) is 20.0. The minimum Gasteiger partial charge on any atom is -0.444 e. The third-order valence-electron chi connectivity index (χ3n) is 11.5. The van der Waals surface area contributed by atoms with Gasteiger partial charge in [0.15, 0.2) is 0 Å². The molecule has 5 N–H and O–H groups in total. The molecule has 59 heavy (non-hydrogen) atoms. The van der Waals surface area contributed by atoms with Gasteiger partial charge in [-0.2, -0.15) is 5.21 Å². The van der Waals surface area contributed by atoms with Crippen molar-refractivity contribution in [2.24, 2.45) is 11.8 Å². The van der Waals surface area contributed by atoms with Crippen LogP contribution in [0.3, 0.4) is 0 Å². The zero-order valence-corrected chi connectivity index (χ0v) is 35.1. The highest BCUT2D eigenvalue weighted by Crippen LogP contribution is 2.30. The topological polar surface area (TPSA) is 183 Å². The van der Waals surface area contributed by atoms with E-state index in [9.17, 15) is 19.2 Å². The van der Waals surface area contributed by atoms with E-state index in [-0.39, 0.29) is 42.0 Å². The highest BCUT2D eigenvalue weighted by Gasteiger charge is 2.31. The summed E-state index contributed by atoms with van der Waals surface area (Å²) in [4.78, 5) is 55.2. The lowest BCUT2D eigenvalue weighted by atomic mass is 9.81. The van der Waals surface area contributed by atoms with Crippen LogP contribution in [-0.2, 0) is 20.7 Å². The molecule has 0 aliphatic heterocycles. The summed E-state index contributed by atoms with van der Waals surface area (Å²) in [6, 6.07) is 20.8. The van der Waals surface area contributed by atoms with Gasteiger partial charge in [0.05, 0.1) is 0 Å². The van der Waals surface area contributed by atoms with Crippen molar-refractivity contribution < 1.29 is 23.9 Å². The first-order valence-electron chi connectivity index (χ1n) is 20.8. The molecule has 0 radical (unpaired) electrons. The zero-order valence-electron chi connectivity index (χ0n) is 35.1. The van der Waals surface area contributed by atoms with Gasteiger partial charge in [0, 0.05) is 47.8 Å². The summed E-state index contributed by atoms with van der Waals surface area (Å²) in [7, 11) is 4.23. The molecule has 0 bridgehead atoms. The van der Waals surface area contributed by atoms with E-state index in [2.05, 4.69) is 60.9 Å². The van der Waals surface area contributed by atoms with Gasteiger partial charge >= 0.3 is 6.09 Å². The summed E-state index contributed by atoms with van der Waals surface area (Å²) in [5, 5.41) is 26.2. The second kappa shape index (κ2) is 19.4. The van der Waals surface area contributed by atoms with Gasteiger partial charge in [-0.15, -0.1) is 10.2 Å². The Balaban J connectivity index is 1.09. The van der Waals surface area contributed by atoms with Crippen LogP contribution in [0.1, 0.15) is 93.6 Å². The Bertz CT molecular complexity index is 2030. The molecular weight excluding hydrogens is 747 g/mol. The van der Waals surface area contributed by atoms with Crippen LogP contribution < -0.4 is 21.3 Å². The maximum Gasteiger partial charge on any atom is 0.407 e. The fourth-order valence-corrected chi connectivity index (χ4v) is 8.08. The molecule has 2 saturated carbocycles. The second-order valence-electron chi connectivity index (χ2n) is 17.3. The Morgan fingerprint density at radius 2 is 1.54 bits per heavy atom. The molecule has 1 unspecified atom stereocenters. The van der Waals surface area contributed by atoms with Crippen molar-refractivity contribution in [3.05, 3.63) is 83.4 Å². The van der Waals surface area contributed by atoms with Gasteiger partial charge in [0.25, 0.3) is 5.91 Å². The van der Waals surface area contributed by atoms with Gasteiger partial charge in [0.1, 0.15) is 11.6 Å². The standard InChI is InChI=1S/C45H59N9O5/c1-28-25-34(42(56)47-36-20-22-37(23-21-36)54(5)6)17-24-38(28)31-11-7-29(8-12-31)26-39(43(57)48-35-18-15-32(16-19-35)40-50-52-53-51-40)49-41(55)33-13-9-30(10-14-33)27-46-44(58)59-45(2,3)4/h7-8,11-12,15-19,24-25,30,33,36-37,39H,9-10,13-14,20-23,26-27H2,1-6H3,(H,46,58)(H,47,56)(H,48,57)(H,49,55)(H,50,51,52,53)/t30-,33-,36?,37?,39?. The molecule has 1 heterocycles. The molecular formula is C45H59N9O5. The molecule has 4 aromatic rings. The molecule has 314 valence electrons. The maximum absolute atomic E-state index is 13.9. The van der Waals surface area contributed by atoms with Crippen molar-refractivity contribution in [1.29, 1.82) is 0 Å². The van der Waals surface area contributed by atoms with E-state index >= 15 is 0 Å². The average molecular weight is 806 g/mol. The number of anilines is 1. The average Bonchev–Trinajstić information content (AvgIpc) is 3.76. The van der Waals surface area contributed by atoms with Crippen LogP contribution in [-0.4, -0.2) is 93.7 Å². The molecule has 2 fully saturated rings. The van der Waals surface area contributed by atoms with Gasteiger partial charge in [-0.25, -0.2) is 4.79 Å². The highest BCUT2D eigenvalue weighted by atomic mass is 16.6. The number of carbonyl (C=O) groups is 4. The second-order valence-corrected chi connectivity index (χ2v) is 17.3. The number of ether oxygens (including phenoxy) is 1. The molecule has 4 amide bonds. The minimum absolute atomic E-state index is 0.0409. The van der Waals surface area contributed by atoms with E-state index < -0.39 is 17.7 Å². The first kappa shape index (κ1) is 43.0. The first-order valence-corrected chi connectivity index (χ1v) is 20.8. The lowest BCUT2D eigenvalue weighted by Gasteiger charge is -2.33. The van der Waals surface area contributed by atoms with Crippen LogP contribution >= 0.6 is 0 Å². The zero-order chi connectivity index (χ0) is 42.1. The highest BCUT2D eigenvalue weighted by molar-refractivity contribution is 5.98. The Hall–Kier alpha value is -5.63. The van der Waals surface area contributed by atoms with E-state index in [1.165, 1.54) is 0 Å². The SMILES string of the molecule is Cc1cc(C(=O)NC2CCC(N(C)C)CC2)ccc1-c1ccc(CC(NC(=O)[C@H]2CC[C@H](CNC(=O)OC(C)(C)C)CC2)C(=O)Nc2ccc(-c3nn[nH]n3)cc2)cc1. The van der Waals surface area contributed by atoms with Crippen LogP contribution in [0, 0.1) is 18.8 Å². The summed E-state index contributed by atoms with van der Waals surface area (Å²) in [6.45, 7) is 7.99. The summed E-state index contributed by atoms with van der Waals surface area (Å²) in [6.07, 6.45) is 6.85. The lowest BCUT2D eigenvalue weighted by molar-refractivity contribution is -0.130. The molecule has 1 aromatic heterocycles. The molecule has 0 saturated heterocycles. The molecule has 6 rings (SSSR count). The molecule has 14 nitrogen and oxygen atoms in total. The number of aryl methyl sites for hydroxylation is 1. The number of rotatable bonds is 13. The number of hydrogen-bond acceptors (Lipinski definition) is 9. The van der Waals surface area contributed by atoms with Crippen LogP contribution in [0.4, 0.5) is 10.5 Å². The third kappa shape index (κ3) is 12.2. The largest absolute Gasteiger partial charge is 0.444 e. The van der Waals surface area contributed by atoms with E-state index in [1.807, 2.05) is 70.2 Å². The number of benzene rings is 3. The van der Waals surface area contributed by atoms with E-state index in [0.717, 1.165) is 66.3 Å². The minimum atomic E-state index is -0.839. The Kier molecular flexibility index (Phi) is 14.1. The number of hydrogen-bond donors (Lipinski definition) is 5.